The van der Waals surface area contributed by atoms with E-state index in [1.807, 2.05) is 14.0 Å². The summed E-state index contributed by atoms with van der Waals surface area (Å²) in [5, 5.41) is 1.00. The van der Waals surface area contributed by atoms with Gasteiger partial charge in [0.2, 0.25) is 0 Å². The van der Waals surface area contributed by atoms with Gasteiger partial charge in [-0.2, -0.15) is 0 Å². The van der Waals surface area contributed by atoms with Gasteiger partial charge in [-0.05, 0) is 25.5 Å². The third kappa shape index (κ3) is 2.96. The molecule has 0 spiro atoms. The van der Waals surface area contributed by atoms with Crippen molar-refractivity contribution in [3.8, 4) is 0 Å². The standard InChI is InChI=1S/C15H20N4O2/c1-10-6-11(2)18-14-13(10)15(17-9-16-14)19(3)7-12-8-20-4-5-21-12/h6,9,12H,4-5,7-8H2,1-3H3/t12-/m1/s1. The molecule has 3 rings (SSSR count). The summed E-state index contributed by atoms with van der Waals surface area (Å²) in [4.78, 5) is 15.3. The Bertz CT molecular complexity index is 641. The Morgan fingerprint density at radius 2 is 2.14 bits per heavy atom. The lowest BCUT2D eigenvalue weighted by Crippen LogP contribution is -2.38. The number of rotatable bonds is 3. The molecule has 2 aromatic heterocycles. The summed E-state index contributed by atoms with van der Waals surface area (Å²) in [6.07, 6.45) is 1.64. The van der Waals surface area contributed by atoms with Gasteiger partial charge in [0, 0.05) is 19.3 Å². The van der Waals surface area contributed by atoms with Crippen molar-refractivity contribution >= 4 is 16.9 Å². The Labute approximate surface area is 124 Å². The molecule has 0 N–H and O–H groups in total. The molecule has 0 amide bonds. The fourth-order valence-electron chi connectivity index (χ4n) is 2.71. The highest BCUT2D eigenvalue weighted by atomic mass is 16.6. The highest BCUT2D eigenvalue weighted by Crippen LogP contribution is 2.25. The molecule has 0 aliphatic carbocycles. The summed E-state index contributed by atoms with van der Waals surface area (Å²) in [7, 11) is 2.01. The first kappa shape index (κ1) is 14.2. The van der Waals surface area contributed by atoms with Gasteiger partial charge in [-0.3, -0.25) is 0 Å². The summed E-state index contributed by atoms with van der Waals surface area (Å²) >= 11 is 0. The number of likely N-dealkylation sites (N-methyl/N-ethyl adjacent to an activating group) is 1. The second-order valence-electron chi connectivity index (χ2n) is 5.42. The van der Waals surface area contributed by atoms with Crippen LogP contribution in [0.2, 0.25) is 0 Å². The summed E-state index contributed by atoms with van der Waals surface area (Å²) in [5.41, 5.74) is 2.85. The van der Waals surface area contributed by atoms with Crippen molar-refractivity contribution in [2.24, 2.45) is 0 Å². The number of aryl methyl sites for hydroxylation is 2. The van der Waals surface area contributed by atoms with Crippen molar-refractivity contribution in [1.29, 1.82) is 0 Å². The Morgan fingerprint density at radius 3 is 2.90 bits per heavy atom. The quantitative estimate of drug-likeness (QED) is 0.853. The van der Waals surface area contributed by atoms with Gasteiger partial charge in [-0.1, -0.05) is 0 Å². The Hall–Kier alpha value is -1.79. The molecular weight excluding hydrogens is 268 g/mol. The number of hydrogen-bond acceptors (Lipinski definition) is 6. The Kier molecular flexibility index (Phi) is 3.98. The van der Waals surface area contributed by atoms with Gasteiger partial charge in [-0.25, -0.2) is 15.0 Å². The predicted molar refractivity (Wildman–Crippen MR) is 80.6 cm³/mol. The molecule has 0 bridgehead atoms. The van der Waals surface area contributed by atoms with Crippen LogP contribution < -0.4 is 4.90 Å². The van der Waals surface area contributed by atoms with Gasteiger partial charge in [0.25, 0.3) is 0 Å². The van der Waals surface area contributed by atoms with Crippen LogP contribution in [0.4, 0.5) is 5.82 Å². The highest BCUT2D eigenvalue weighted by molar-refractivity contribution is 5.89. The average molecular weight is 288 g/mol. The molecule has 1 atom stereocenters. The lowest BCUT2D eigenvalue weighted by atomic mass is 10.1. The summed E-state index contributed by atoms with van der Waals surface area (Å²) in [5.74, 6) is 0.888. The van der Waals surface area contributed by atoms with Gasteiger partial charge in [0.15, 0.2) is 5.65 Å². The topological polar surface area (TPSA) is 60.4 Å². The van der Waals surface area contributed by atoms with E-state index in [2.05, 4.69) is 32.8 Å². The molecule has 1 saturated heterocycles. The number of aromatic nitrogens is 3. The molecule has 2 aromatic rings. The lowest BCUT2D eigenvalue weighted by Gasteiger charge is -2.28. The molecule has 3 heterocycles. The molecule has 112 valence electrons. The van der Waals surface area contributed by atoms with Gasteiger partial charge in [0.1, 0.15) is 12.1 Å². The van der Waals surface area contributed by atoms with E-state index < -0.39 is 0 Å². The molecule has 0 unspecified atom stereocenters. The van der Waals surface area contributed by atoms with Crippen LogP contribution in [0.5, 0.6) is 0 Å². The average Bonchev–Trinajstić information content (AvgIpc) is 2.47. The monoisotopic (exact) mass is 288 g/mol. The summed E-state index contributed by atoms with van der Waals surface area (Å²) in [6, 6.07) is 2.06. The van der Waals surface area contributed by atoms with E-state index in [4.69, 9.17) is 9.47 Å². The number of ether oxygens (including phenoxy) is 2. The predicted octanol–water partition coefficient (Wildman–Crippen LogP) is 1.49. The molecule has 21 heavy (non-hydrogen) atoms. The van der Waals surface area contributed by atoms with E-state index >= 15 is 0 Å². The molecule has 1 aliphatic heterocycles. The second-order valence-corrected chi connectivity index (χ2v) is 5.42. The smallest absolute Gasteiger partial charge is 0.165 e. The fraction of sp³-hybridized carbons (Fsp3) is 0.533. The SMILES string of the molecule is Cc1cc(C)c2c(N(C)C[C@@H]3COCCO3)ncnc2n1. The van der Waals surface area contributed by atoms with Gasteiger partial charge in [-0.15, -0.1) is 0 Å². The molecule has 0 radical (unpaired) electrons. The maximum absolute atomic E-state index is 5.71. The van der Waals surface area contributed by atoms with Crippen LogP contribution in [0, 0.1) is 13.8 Å². The van der Waals surface area contributed by atoms with E-state index in [0.717, 1.165) is 34.7 Å². The molecular formula is C15H20N4O2. The van der Waals surface area contributed by atoms with E-state index in [1.54, 1.807) is 6.33 Å². The maximum atomic E-state index is 5.71. The minimum Gasteiger partial charge on any atom is -0.376 e. The normalized spacial score (nSPS) is 18.9. The zero-order chi connectivity index (χ0) is 14.8. The Morgan fingerprint density at radius 1 is 1.29 bits per heavy atom. The van der Waals surface area contributed by atoms with E-state index in [1.165, 1.54) is 0 Å². The van der Waals surface area contributed by atoms with E-state index in [-0.39, 0.29) is 6.10 Å². The van der Waals surface area contributed by atoms with Crippen LogP contribution in [0.3, 0.4) is 0 Å². The van der Waals surface area contributed by atoms with Crippen LogP contribution in [-0.4, -0.2) is 54.5 Å². The zero-order valence-corrected chi connectivity index (χ0v) is 12.7. The highest BCUT2D eigenvalue weighted by Gasteiger charge is 2.19. The molecule has 1 fully saturated rings. The van der Waals surface area contributed by atoms with Gasteiger partial charge in [0.05, 0.1) is 31.3 Å². The van der Waals surface area contributed by atoms with Gasteiger partial charge >= 0.3 is 0 Å². The molecule has 0 saturated carbocycles. The molecule has 6 nitrogen and oxygen atoms in total. The van der Waals surface area contributed by atoms with Crippen molar-refractivity contribution < 1.29 is 9.47 Å². The first-order valence-corrected chi connectivity index (χ1v) is 7.14. The minimum absolute atomic E-state index is 0.0764. The Balaban J connectivity index is 1.92. The maximum Gasteiger partial charge on any atom is 0.165 e. The fourth-order valence-corrected chi connectivity index (χ4v) is 2.71. The molecule has 1 aliphatic rings. The van der Waals surface area contributed by atoms with Gasteiger partial charge < -0.3 is 14.4 Å². The van der Waals surface area contributed by atoms with Crippen LogP contribution in [-0.2, 0) is 9.47 Å². The molecule has 6 heteroatoms. The van der Waals surface area contributed by atoms with E-state index in [9.17, 15) is 0 Å². The number of anilines is 1. The second kappa shape index (κ2) is 5.91. The number of nitrogens with zero attached hydrogens (tertiary/aromatic N) is 4. The third-order valence-electron chi connectivity index (χ3n) is 3.63. The number of pyridine rings is 1. The summed E-state index contributed by atoms with van der Waals surface area (Å²) < 4.78 is 11.2. The minimum atomic E-state index is 0.0764. The number of fused-ring (bicyclic) bond motifs is 1. The van der Waals surface area contributed by atoms with Crippen LogP contribution in [0.1, 0.15) is 11.3 Å². The molecule has 0 aromatic carbocycles. The third-order valence-corrected chi connectivity index (χ3v) is 3.63. The number of hydrogen-bond donors (Lipinski definition) is 0. The first-order chi connectivity index (χ1) is 10.1. The van der Waals surface area contributed by atoms with Crippen molar-refractivity contribution in [2.45, 2.75) is 20.0 Å². The first-order valence-electron chi connectivity index (χ1n) is 7.14. The van der Waals surface area contributed by atoms with Crippen molar-refractivity contribution in [1.82, 2.24) is 15.0 Å². The van der Waals surface area contributed by atoms with E-state index in [0.29, 0.717) is 19.8 Å². The van der Waals surface area contributed by atoms with Crippen LogP contribution in [0.25, 0.3) is 11.0 Å². The van der Waals surface area contributed by atoms with Crippen molar-refractivity contribution in [2.75, 3.05) is 38.3 Å². The lowest BCUT2D eigenvalue weighted by molar-refractivity contribution is -0.0837. The largest absolute Gasteiger partial charge is 0.376 e. The van der Waals surface area contributed by atoms with Crippen molar-refractivity contribution in [3.63, 3.8) is 0 Å². The van der Waals surface area contributed by atoms with Crippen molar-refractivity contribution in [3.05, 3.63) is 23.7 Å². The zero-order valence-electron chi connectivity index (χ0n) is 12.7. The van der Waals surface area contributed by atoms with Crippen LogP contribution >= 0.6 is 0 Å². The van der Waals surface area contributed by atoms with Crippen LogP contribution in [0.15, 0.2) is 12.4 Å². The summed E-state index contributed by atoms with van der Waals surface area (Å²) in [6.45, 7) is 6.74.